The van der Waals surface area contributed by atoms with Gasteiger partial charge in [-0.2, -0.15) is 0 Å². The molecular formula is C16H31N5O3. The number of alkyl carbamates (subject to hydrolysis) is 1. The number of nitrogens with one attached hydrogen (secondary N) is 3. The van der Waals surface area contributed by atoms with Gasteiger partial charge in [0.25, 0.3) is 0 Å². The van der Waals surface area contributed by atoms with Gasteiger partial charge in [0.2, 0.25) is 5.91 Å². The van der Waals surface area contributed by atoms with E-state index < -0.39 is 11.7 Å². The Balaban J connectivity index is 2.24. The summed E-state index contributed by atoms with van der Waals surface area (Å²) in [4.78, 5) is 29.3. The smallest absolute Gasteiger partial charge is 0.407 e. The quantitative estimate of drug-likeness (QED) is 0.388. The molecule has 1 atom stereocenters. The molecule has 3 N–H and O–H groups in total. The van der Waals surface area contributed by atoms with E-state index in [1.54, 1.807) is 7.05 Å². The molecule has 0 radical (unpaired) electrons. The van der Waals surface area contributed by atoms with E-state index >= 15 is 0 Å². The average Bonchev–Trinajstić information content (AvgIpc) is 2.96. The number of amides is 2. The van der Waals surface area contributed by atoms with Crippen molar-refractivity contribution in [2.75, 3.05) is 33.2 Å². The molecule has 0 aliphatic carbocycles. The zero-order valence-corrected chi connectivity index (χ0v) is 15.4. The number of likely N-dealkylation sites (tertiary alicyclic amines) is 1. The number of nitrogens with zero attached hydrogens (tertiary/aromatic N) is 2. The van der Waals surface area contributed by atoms with Crippen molar-refractivity contribution in [1.82, 2.24) is 20.9 Å². The van der Waals surface area contributed by atoms with Crippen molar-refractivity contribution in [3.8, 4) is 0 Å². The molecule has 2 amide bonds. The van der Waals surface area contributed by atoms with Gasteiger partial charge in [-0.25, -0.2) is 4.79 Å². The molecule has 1 rings (SSSR count). The second-order valence-corrected chi connectivity index (χ2v) is 6.75. The molecule has 8 heteroatoms. The summed E-state index contributed by atoms with van der Waals surface area (Å²) in [5, 5.41) is 9.12. The number of rotatable bonds is 5. The largest absolute Gasteiger partial charge is 0.444 e. The van der Waals surface area contributed by atoms with Gasteiger partial charge >= 0.3 is 6.09 Å². The van der Waals surface area contributed by atoms with Crippen molar-refractivity contribution in [1.29, 1.82) is 0 Å². The van der Waals surface area contributed by atoms with Gasteiger partial charge in [0.1, 0.15) is 5.60 Å². The molecule has 0 spiro atoms. The van der Waals surface area contributed by atoms with Crippen LogP contribution in [0.5, 0.6) is 0 Å². The van der Waals surface area contributed by atoms with Gasteiger partial charge in [-0.05, 0) is 27.2 Å². The summed E-state index contributed by atoms with van der Waals surface area (Å²) in [5.74, 6) is 0.848. The number of hydrogen-bond donors (Lipinski definition) is 3. The van der Waals surface area contributed by atoms with Crippen LogP contribution < -0.4 is 16.0 Å². The van der Waals surface area contributed by atoms with Crippen LogP contribution in [0.2, 0.25) is 0 Å². The molecular weight excluding hydrogens is 310 g/mol. The Hall–Kier alpha value is -1.99. The number of ether oxygens (including phenoxy) is 1. The first kappa shape index (κ1) is 20.1. The highest BCUT2D eigenvalue weighted by atomic mass is 16.6. The van der Waals surface area contributed by atoms with E-state index in [0.717, 1.165) is 13.0 Å². The number of guanidine groups is 1. The number of carbonyl (C=O) groups is 2. The van der Waals surface area contributed by atoms with Crippen LogP contribution in [-0.4, -0.2) is 67.7 Å². The van der Waals surface area contributed by atoms with Gasteiger partial charge in [-0.3, -0.25) is 9.79 Å². The first-order valence-corrected chi connectivity index (χ1v) is 8.47. The lowest BCUT2D eigenvalue weighted by molar-refractivity contribution is -0.129. The summed E-state index contributed by atoms with van der Waals surface area (Å²) in [5.41, 5.74) is -0.501. The van der Waals surface area contributed by atoms with Crippen molar-refractivity contribution in [2.24, 2.45) is 4.99 Å². The maximum Gasteiger partial charge on any atom is 0.407 e. The second kappa shape index (κ2) is 9.34. The zero-order valence-electron chi connectivity index (χ0n) is 15.4. The lowest BCUT2D eigenvalue weighted by atomic mass is 10.2. The minimum Gasteiger partial charge on any atom is -0.444 e. The fourth-order valence-corrected chi connectivity index (χ4v) is 2.38. The molecule has 0 saturated carbocycles. The van der Waals surface area contributed by atoms with E-state index in [1.807, 2.05) is 32.6 Å². The van der Waals surface area contributed by atoms with Gasteiger partial charge in [0, 0.05) is 45.7 Å². The number of aliphatic imine (C=N–C) groups is 1. The Morgan fingerprint density at radius 3 is 2.50 bits per heavy atom. The number of carbonyl (C=O) groups excluding carboxylic acids is 2. The summed E-state index contributed by atoms with van der Waals surface area (Å²) >= 11 is 0. The van der Waals surface area contributed by atoms with Gasteiger partial charge < -0.3 is 25.6 Å². The van der Waals surface area contributed by atoms with Crippen LogP contribution in [-0.2, 0) is 9.53 Å². The van der Waals surface area contributed by atoms with E-state index in [1.165, 1.54) is 0 Å². The van der Waals surface area contributed by atoms with Crippen LogP contribution >= 0.6 is 0 Å². The van der Waals surface area contributed by atoms with E-state index in [9.17, 15) is 9.59 Å². The summed E-state index contributed by atoms with van der Waals surface area (Å²) in [6.45, 7) is 9.79. The summed E-state index contributed by atoms with van der Waals surface area (Å²) in [6, 6.07) is 0.200. The molecule has 1 unspecified atom stereocenters. The second-order valence-electron chi connectivity index (χ2n) is 6.75. The van der Waals surface area contributed by atoms with Crippen LogP contribution in [0.15, 0.2) is 4.99 Å². The Kier molecular flexibility index (Phi) is 7.81. The summed E-state index contributed by atoms with van der Waals surface area (Å²) < 4.78 is 5.16. The van der Waals surface area contributed by atoms with Crippen molar-refractivity contribution in [3.63, 3.8) is 0 Å². The van der Waals surface area contributed by atoms with E-state index in [2.05, 4.69) is 20.9 Å². The van der Waals surface area contributed by atoms with E-state index in [4.69, 9.17) is 4.74 Å². The van der Waals surface area contributed by atoms with Gasteiger partial charge in [0.05, 0.1) is 0 Å². The zero-order chi connectivity index (χ0) is 18.2. The maximum absolute atomic E-state index is 11.7. The van der Waals surface area contributed by atoms with Crippen LogP contribution in [0.3, 0.4) is 0 Å². The molecule has 0 aromatic rings. The standard InChI is InChI=1S/C16H31N5O3/c1-6-13(22)21-10-7-12(11-21)20-14(17-5)18-8-9-19-15(23)24-16(2,3)4/h12H,6-11H2,1-5H3,(H,19,23)(H2,17,18,20). The van der Waals surface area contributed by atoms with Gasteiger partial charge in [0.15, 0.2) is 5.96 Å². The molecule has 1 heterocycles. The maximum atomic E-state index is 11.7. The first-order chi connectivity index (χ1) is 11.2. The van der Waals surface area contributed by atoms with Crippen molar-refractivity contribution in [2.45, 2.75) is 52.2 Å². The fraction of sp³-hybridized carbons (Fsp3) is 0.812. The van der Waals surface area contributed by atoms with Crippen molar-refractivity contribution < 1.29 is 14.3 Å². The first-order valence-electron chi connectivity index (χ1n) is 8.47. The van der Waals surface area contributed by atoms with Crippen LogP contribution in [0.4, 0.5) is 4.79 Å². The highest BCUT2D eigenvalue weighted by Crippen LogP contribution is 2.10. The third-order valence-electron chi connectivity index (χ3n) is 3.49. The van der Waals surface area contributed by atoms with Crippen LogP contribution in [0.1, 0.15) is 40.5 Å². The molecule has 1 fully saturated rings. The SMILES string of the molecule is CCC(=O)N1CCC(NC(=NC)NCCNC(=O)OC(C)(C)C)C1. The normalized spacial score (nSPS) is 18.3. The van der Waals surface area contributed by atoms with E-state index in [0.29, 0.717) is 32.0 Å². The van der Waals surface area contributed by atoms with Gasteiger partial charge in [-0.15, -0.1) is 0 Å². The lowest BCUT2D eigenvalue weighted by Gasteiger charge is -2.20. The Bertz CT molecular complexity index is 459. The van der Waals surface area contributed by atoms with Crippen molar-refractivity contribution >= 4 is 18.0 Å². The molecule has 24 heavy (non-hydrogen) atoms. The number of hydrogen-bond acceptors (Lipinski definition) is 4. The topological polar surface area (TPSA) is 95.1 Å². The molecule has 1 aliphatic heterocycles. The van der Waals surface area contributed by atoms with Crippen LogP contribution in [0.25, 0.3) is 0 Å². The summed E-state index contributed by atoms with van der Waals surface area (Å²) in [6.07, 6.45) is 1.01. The third-order valence-corrected chi connectivity index (χ3v) is 3.49. The third kappa shape index (κ3) is 7.52. The molecule has 0 bridgehead atoms. The highest BCUT2D eigenvalue weighted by molar-refractivity contribution is 5.80. The molecule has 1 saturated heterocycles. The summed E-state index contributed by atoms with van der Waals surface area (Å²) in [7, 11) is 1.69. The molecule has 0 aromatic heterocycles. The minimum absolute atomic E-state index is 0.184. The average molecular weight is 341 g/mol. The Labute approximate surface area is 144 Å². The monoisotopic (exact) mass is 341 g/mol. The molecule has 8 nitrogen and oxygen atoms in total. The fourth-order valence-electron chi connectivity index (χ4n) is 2.38. The highest BCUT2D eigenvalue weighted by Gasteiger charge is 2.25. The Morgan fingerprint density at radius 1 is 1.25 bits per heavy atom. The van der Waals surface area contributed by atoms with Crippen LogP contribution in [0, 0.1) is 0 Å². The van der Waals surface area contributed by atoms with Crippen molar-refractivity contribution in [3.05, 3.63) is 0 Å². The predicted molar refractivity (Wildman–Crippen MR) is 94.0 cm³/mol. The lowest BCUT2D eigenvalue weighted by Crippen LogP contribution is -2.47. The predicted octanol–water partition coefficient (Wildman–Crippen LogP) is 0.687. The molecule has 0 aromatic carbocycles. The molecule has 1 aliphatic rings. The van der Waals surface area contributed by atoms with Gasteiger partial charge in [-0.1, -0.05) is 6.92 Å². The minimum atomic E-state index is -0.501. The Morgan fingerprint density at radius 2 is 1.92 bits per heavy atom. The molecule has 138 valence electrons. The van der Waals surface area contributed by atoms with E-state index in [-0.39, 0.29) is 11.9 Å².